The van der Waals surface area contributed by atoms with Crippen molar-refractivity contribution in [1.82, 2.24) is 15.1 Å². The first-order chi connectivity index (χ1) is 10.0. The van der Waals surface area contributed by atoms with Crippen LogP contribution in [0.3, 0.4) is 0 Å². The first-order valence-electron chi connectivity index (χ1n) is 6.89. The average Bonchev–Trinajstić information content (AvgIpc) is 2.68. The van der Waals surface area contributed by atoms with Gasteiger partial charge in [0.1, 0.15) is 0 Å². The van der Waals surface area contributed by atoms with Gasteiger partial charge >= 0.3 is 0 Å². The molecule has 0 saturated heterocycles. The number of aromatic nitrogens is 2. The van der Waals surface area contributed by atoms with Gasteiger partial charge in [0.2, 0.25) is 5.88 Å². The van der Waals surface area contributed by atoms with Crippen LogP contribution in [0.15, 0.2) is 22.7 Å². The summed E-state index contributed by atoms with van der Waals surface area (Å²) < 4.78 is 22.0. The quantitative estimate of drug-likeness (QED) is 0.798. The van der Waals surface area contributed by atoms with Gasteiger partial charge in [-0.05, 0) is 38.1 Å². The van der Waals surface area contributed by atoms with E-state index in [9.17, 15) is 4.39 Å². The van der Waals surface area contributed by atoms with E-state index in [1.165, 1.54) is 6.07 Å². The van der Waals surface area contributed by atoms with Crippen LogP contribution in [0.25, 0.3) is 0 Å². The van der Waals surface area contributed by atoms with Crippen LogP contribution in [-0.4, -0.2) is 16.3 Å². The lowest BCUT2D eigenvalue weighted by Gasteiger charge is -2.10. The number of benzene rings is 1. The fraction of sp³-hybridized carbons (Fsp3) is 0.400. The second-order valence-electron chi connectivity index (χ2n) is 4.85. The highest BCUT2D eigenvalue weighted by atomic mass is 79.9. The first kappa shape index (κ1) is 16.0. The number of ether oxygens (including phenoxy) is 1. The van der Waals surface area contributed by atoms with E-state index >= 15 is 0 Å². The summed E-state index contributed by atoms with van der Waals surface area (Å²) in [6, 6.07) is 4.73. The molecular weight excluding hydrogens is 337 g/mol. The highest BCUT2D eigenvalue weighted by Gasteiger charge is 2.16. The molecule has 0 fully saturated rings. The third-order valence-corrected chi connectivity index (χ3v) is 3.61. The molecule has 0 bridgehead atoms. The van der Waals surface area contributed by atoms with Gasteiger partial charge < -0.3 is 10.1 Å². The molecule has 0 aliphatic rings. The minimum Gasteiger partial charge on any atom is -0.436 e. The predicted molar refractivity (Wildman–Crippen MR) is 84.1 cm³/mol. The molecule has 114 valence electrons. The summed E-state index contributed by atoms with van der Waals surface area (Å²) in [6.07, 6.45) is 1.05. The van der Waals surface area contributed by atoms with Gasteiger partial charge in [-0.1, -0.05) is 22.9 Å². The Hall–Kier alpha value is -1.40. The minimum atomic E-state index is -0.407. The lowest BCUT2D eigenvalue weighted by molar-refractivity contribution is 0.398. The van der Waals surface area contributed by atoms with Crippen molar-refractivity contribution < 1.29 is 9.13 Å². The van der Waals surface area contributed by atoms with Crippen LogP contribution in [0.1, 0.15) is 24.6 Å². The van der Waals surface area contributed by atoms with Gasteiger partial charge in [0.15, 0.2) is 11.6 Å². The van der Waals surface area contributed by atoms with Crippen LogP contribution < -0.4 is 10.1 Å². The van der Waals surface area contributed by atoms with Crippen molar-refractivity contribution in [3.8, 4) is 11.6 Å². The second kappa shape index (κ2) is 7.04. The number of hydrogen-bond donors (Lipinski definition) is 1. The summed E-state index contributed by atoms with van der Waals surface area (Å²) in [7, 11) is 1.79. The molecule has 6 heteroatoms. The van der Waals surface area contributed by atoms with Crippen molar-refractivity contribution >= 4 is 15.9 Å². The molecular formula is C15H19BrFN3O. The molecule has 4 nitrogen and oxygen atoms in total. The molecule has 1 N–H and O–H groups in total. The Morgan fingerprint density at radius 3 is 2.86 bits per heavy atom. The number of halogens is 2. The number of nitrogens with one attached hydrogen (secondary N) is 1. The number of hydrogen-bond acceptors (Lipinski definition) is 3. The molecule has 1 heterocycles. The van der Waals surface area contributed by atoms with E-state index in [2.05, 4.69) is 33.3 Å². The number of aryl methyl sites for hydroxylation is 2. The van der Waals surface area contributed by atoms with Crippen LogP contribution in [0, 0.1) is 12.7 Å². The van der Waals surface area contributed by atoms with E-state index in [0.717, 1.165) is 24.2 Å². The second-order valence-corrected chi connectivity index (χ2v) is 5.76. The normalized spacial score (nSPS) is 10.9. The van der Waals surface area contributed by atoms with Crippen LogP contribution in [0.2, 0.25) is 0 Å². The fourth-order valence-electron chi connectivity index (χ4n) is 2.06. The smallest absolute Gasteiger partial charge is 0.222 e. The molecule has 1 aromatic carbocycles. The largest absolute Gasteiger partial charge is 0.436 e. The molecule has 0 spiro atoms. The van der Waals surface area contributed by atoms with E-state index < -0.39 is 5.82 Å². The Labute approximate surface area is 132 Å². The van der Waals surface area contributed by atoms with Crippen LogP contribution >= 0.6 is 15.9 Å². The van der Waals surface area contributed by atoms with Crippen LogP contribution in [0.5, 0.6) is 11.6 Å². The molecule has 0 unspecified atom stereocenters. The molecule has 2 rings (SSSR count). The zero-order chi connectivity index (χ0) is 15.4. The van der Waals surface area contributed by atoms with E-state index in [1.807, 2.05) is 6.92 Å². The van der Waals surface area contributed by atoms with E-state index in [0.29, 0.717) is 16.9 Å². The van der Waals surface area contributed by atoms with Crippen molar-refractivity contribution in [3.05, 3.63) is 39.7 Å². The molecule has 21 heavy (non-hydrogen) atoms. The highest BCUT2D eigenvalue weighted by molar-refractivity contribution is 9.10. The van der Waals surface area contributed by atoms with Crippen molar-refractivity contribution in [1.29, 1.82) is 0 Å². The Balaban J connectivity index is 2.26. The maximum Gasteiger partial charge on any atom is 0.222 e. The zero-order valence-corrected chi connectivity index (χ0v) is 14.0. The average molecular weight is 356 g/mol. The third-order valence-electron chi connectivity index (χ3n) is 3.12. The van der Waals surface area contributed by atoms with E-state index in [-0.39, 0.29) is 5.75 Å². The summed E-state index contributed by atoms with van der Waals surface area (Å²) in [4.78, 5) is 0. The van der Waals surface area contributed by atoms with Gasteiger partial charge in [0, 0.05) is 18.1 Å². The summed E-state index contributed by atoms with van der Waals surface area (Å²) in [5, 5.41) is 7.67. The van der Waals surface area contributed by atoms with Crippen molar-refractivity contribution in [3.63, 3.8) is 0 Å². The Morgan fingerprint density at radius 1 is 1.43 bits per heavy atom. The predicted octanol–water partition coefficient (Wildman–Crippen LogP) is 3.92. The Kier molecular flexibility index (Phi) is 5.36. The SMILES string of the molecule is CCCNCc1c(C)nn(C)c1Oc1ccc(Br)cc1F. The maximum atomic E-state index is 13.9. The topological polar surface area (TPSA) is 39.1 Å². The summed E-state index contributed by atoms with van der Waals surface area (Å²) in [5.41, 5.74) is 1.84. The molecule has 0 radical (unpaired) electrons. The van der Waals surface area contributed by atoms with Gasteiger partial charge in [-0.2, -0.15) is 5.10 Å². The number of nitrogens with zero attached hydrogens (tertiary/aromatic N) is 2. The van der Waals surface area contributed by atoms with Gasteiger partial charge in [-0.15, -0.1) is 0 Å². The van der Waals surface area contributed by atoms with E-state index in [4.69, 9.17) is 4.74 Å². The monoisotopic (exact) mass is 355 g/mol. The fourth-order valence-corrected chi connectivity index (χ4v) is 2.40. The van der Waals surface area contributed by atoms with Gasteiger partial charge in [0.25, 0.3) is 0 Å². The van der Waals surface area contributed by atoms with Crippen molar-refractivity contribution in [2.45, 2.75) is 26.8 Å². The van der Waals surface area contributed by atoms with Gasteiger partial charge in [0.05, 0.1) is 11.3 Å². The Morgan fingerprint density at radius 2 is 2.19 bits per heavy atom. The molecule has 0 saturated carbocycles. The molecule has 0 aliphatic carbocycles. The van der Waals surface area contributed by atoms with Gasteiger partial charge in [-0.25, -0.2) is 9.07 Å². The van der Waals surface area contributed by atoms with Gasteiger partial charge in [-0.3, -0.25) is 0 Å². The lowest BCUT2D eigenvalue weighted by Crippen LogP contribution is -2.14. The number of rotatable bonds is 6. The molecule has 2 aromatic rings. The summed E-state index contributed by atoms with van der Waals surface area (Å²) >= 11 is 3.23. The zero-order valence-electron chi connectivity index (χ0n) is 12.4. The third kappa shape index (κ3) is 3.83. The summed E-state index contributed by atoms with van der Waals surface area (Å²) in [6.45, 7) is 5.60. The molecule has 0 aliphatic heterocycles. The lowest BCUT2D eigenvalue weighted by atomic mass is 10.2. The molecule has 0 atom stereocenters. The molecule has 0 amide bonds. The van der Waals surface area contributed by atoms with Crippen molar-refractivity contribution in [2.75, 3.05) is 6.54 Å². The minimum absolute atomic E-state index is 0.193. The summed E-state index contributed by atoms with van der Waals surface area (Å²) in [5.74, 6) is 0.353. The highest BCUT2D eigenvalue weighted by Crippen LogP contribution is 2.30. The van der Waals surface area contributed by atoms with Crippen molar-refractivity contribution in [2.24, 2.45) is 7.05 Å². The Bertz CT molecular complexity index is 628. The van der Waals surface area contributed by atoms with Crippen LogP contribution in [-0.2, 0) is 13.6 Å². The van der Waals surface area contributed by atoms with Crippen LogP contribution in [0.4, 0.5) is 4.39 Å². The standard InChI is InChI=1S/C15H19BrFN3O/c1-4-7-18-9-12-10(2)19-20(3)15(12)21-14-6-5-11(16)8-13(14)17/h5-6,8,18H,4,7,9H2,1-3H3. The first-order valence-corrected chi connectivity index (χ1v) is 7.68. The molecule has 1 aromatic heterocycles. The van der Waals surface area contributed by atoms with E-state index in [1.54, 1.807) is 23.9 Å². The maximum absolute atomic E-state index is 13.9.